The van der Waals surface area contributed by atoms with Crippen molar-refractivity contribution in [3.05, 3.63) is 58.9 Å². The molecule has 1 amide bonds. The fraction of sp³-hybridized carbons (Fsp3) is 0.333. The maximum atomic E-state index is 14.0. The number of anilines is 1. The zero-order valence-electron chi connectivity index (χ0n) is 16.5. The van der Waals surface area contributed by atoms with Crippen LogP contribution in [0.4, 0.5) is 10.1 Å². The van der Waals surface area contributed by atoms with Gasteiger partial charge in [0.1, 0.15) is 6.04 Å². The van der Waals surface area contributed by atoms with E-state index in [1.54, 1.807) is 13.0 Å². The van der Waals surface area contributed by atoms with Crippen LogP contribution in [-0.2, 0) is 14.3 Å². The van der Waals surface area contributed by atoms with Crippen LogP contribution in [0.1, 0.15) is 29.7 Å². The molecule has 2 aromatic rings. The van der Waals surface area contributed by atoms with Crippen LogP contribution in [0.5, 0.6) is 5.75 Å². The van der Waals surface area contributed by atoms with Gasteiger partial charge >= 0.3 is 5.97 Å². The van der Waals surface area contributed by atoms with Gasteiger partial charge in [0.25, 0.3) is 0 Å². The van der Waals surface area contributed by atoms with Gasteiger partial charge < -0.3 is 14.8 Å². The van der Waals surface area contributed by atoms with Gasteiger partial charge in [-0.05, 0) is 55.7 Å². The van der Waals surface area contributed by atoms with Crippen molar-refractivity contribution in [2.24, 2.45) is 0 Å². The quantitative estimate of drug-likeness (QED) is 0.679. The number of nitrogens with one attached hydrogen (secondary N) is 2. The van der Waals surface area contributed by atoms with Crippen LogP contribution in [0.25, 0.3) is 0 Å². The summed E-state index contributed by atoms with van der Waals surface area (Å²) in [7, 11) is 1.36. The average Bonchev–Trinajstić information content (AvgIpc) is 2.65. The van der Waals surface area contributed by atoms with E-state index in [0.717, 1.165) is 11.1 Å². The van der Waals surface area contributed by atoms with Gasteiger partial charge in [-0.2, -0.15) is 0 Å². The number of methoxy groups -OCH3 is 1. The van der Waals surface area contributed by atoms with Crippen LogP contribution in [-0.4, -0.2) is 32.1 Å². The Bertz CT molecular complexity index is 854. The fourth-order valence-electron chi connectivity index (χ4n) is 2.68. The van der Waals surface area contributed by atoms with Gasteiger partial charge in [0.05, 0.1) is 20.3 Å². The molecule has 0 spiro atoms. The maximum Gasteiger partial charge on any atom is 0.327 e. The Hall–Kier alpha value is -2.93. The molecule has 150 valence electrons. The number of hydrogen-bond donors (Lipinski definition) is 2. The second kappa shape index (κ2) is 9.85. The van der Waals surface area contributed by atoms with Gasteiger partial charge in [0, 0.05) is 5.69 Å². The van der Waals surface area contributed by atoms with Crippen molar-refractivity contribution in [1.29, 1.82) is 0 Å². The second-order valence-corrected chi connectivity index (χ2v) is 6.33. The molecule has 1 atom stereocenters. The van der Waals surface area contributed by atoms with Crippen molar-refractivity contribution in [1.82, 2.24) is 5.32 Å². The van der Waals surface area contributed by atoms with Crippen LogP contribution in [0.2, 0.25) is 0 Å². The lowest BCUT2D eigenvalue weighted by atomic mass is 10.1. The van der Waals surface area contributed by atoms with Crippen molar-refractivity contribution in [2.45, 2.75) is 26.8 Å². The summed E-state index contributed by atoms with van der Waals surface area (Å²) in [5.74, 6) is -1.45. The first-order valence-corrected chi connectivity index (χ1v) is 8.96. The zero-order chi connectivity index (χ0) is 20.7. The van der Waals surface area contributed by atoms with Crippen molar-refractivity contribution in [3.8, 4) is 5.75 Å². The highest BCUT2D eigenvalue weighted by molar-refractivity contribution is 5.93. The first kappa shape index (κ1) is 21.4. The van der Waals surface area contributed by atoms with E-state index in [4.69, 9.17) is 9.47 Å². The molecular formula is C21H25FN2O4. The van der Waals surface area contributed by atoms with Crippen LogP contribution in [0.15, 0.2) is 36.4 Å². The van der Waals surface area contributed by atoms with E-state index in [-0.39, 0.29) is 24.8 Å². The highest BCUT2D eigenvalue weighted by Crippen LogP contribution is 2.23. The molecule has 0 aliphatic heterocycles. The third kappa shape index (κ3) is 5.53. The van der Waals surface area contributed by atoms with Crippen LogP contribution in [0.3, 0.4) is 0 Å². The minimum Gasteiger partial charge on any atom is -0.494 e. The van der Waals surface area contributed by atoms with Gasteiger partial charge in [-0.15, -0.1) is 0 Å². The van der Waals surface area contributed by atoms with E-state index in [9.17, 15) is 14.0 Å². The molecule has 0 aromatic heterocycles. The highest BCUT2D eigenvalue weighted by atomic mass is 19.1. The molecular weight excluding hydrogens is 363 g/mol. The van der Waals surface area contributed by atoms with Crippen LogP contribution < -0.4 is 15.4 Å². The van der Waals surface area contributed by atoms with E-state index in [0.29, 0.717) is 11.3 Å². The Balaban J connectivity index is 2.12. The first-order valence-electron chi connectivity index (χ1n) is 8.96. The van der Waals surface area contributed by atoms with E-state index in [1.165, 1.54) is 19.2 Å². The molecule has 6 nitrogen and oxygen atoms in total. The molecule has 2 N–H and O–H groups in total. The SMILES string of the molecule is CCOC(=O)[C@H](NCC(=O)Nc1cc(C)ccc1C)c1ccc(OC)c(F)c1. The van der Waals surface area contributed by atoms with Crippen LogP contribution >= 0.6 is 0 Å². The Labute approximate surface area is 164 Å². The minimum atomic E-state index is -0.982. The minimum absolute atomic E-state index is 0.0685. The third-order valence-electron chi connectivity index (χ3n) is 4.17. The summed E-state index contributed by atoms with van der Waals surface area (Å²) >= 11 is 0. The molecule has 0 bridgehead atoms. The molecule has 0 aliphatic rings. The summed E-state index contributed by atoms with van der Waals surface area (Å²) in [6, 6.07) is 8.93. The molecule has 2 rings (SSSR count). The highest BCUT2D eigenvalue weighted by Gasteiger charge is 2.24. The van der Waals surface area contributed by atoms with Crippen molar-refractivity contribution in [2.75, 3.05) is 25.6 Å². The van der Waals surface area contributed by atoms with Gasteiger partial charge in [0.15, 0.2) is 11.6 Å². The number of benzene rings is 2. The number of esters is 1. The lowest BCUT2D eigenvalue weighted by Crippen LogP contribution is -2.36. The summed E-state index contributed by atoms with van der Waals surface area (Å²) in [5.41, 5.74) is 3.00. The molecule has 0 unspecified atom stereocenters. The Morgan fingerprint density at radius 2 is 1.89 bits per heavy atom. The van der Waals surface area contributed by atoms with Gasteiger partial charge in [-0.25, -0.2) is 9.18 Å². The Kier molecular flexibility index (Phi) is 7.52. The number of halogens is 1. The monoisotopic (exact) mass is 388 g/mol. The number of aryl methyl sites for hydroxylation is 2. The normalized spacial score (nSPS) is 11.6. The van der Waals surface area contributed by atoms with Crippen molar-refractivity contribution in [3.63, 3.8) is 0 Å². The first-order chi connectivity index (χ1) is 13.3. The molecule has 0 radical (unpaired) electrons. The van der Waals surface area contributed by atoms with Crippen molar-refractivity contribution >= 4 is 17.6 Å². The van der Waals surface area contributed by atoms with E-state index in [2.05, 4.69) is 10.6 Å². The Morgan fingerprint density at radius 3 is 2.54 bits per heavy atom. The summed E-state index contributed by atoms with van der Waals surface area (Å²) in [6.07, 6.45) is 0. The zero-order valence-corrected chi connectivity index (χ0v) is 16.5. The predicted octanol–water partition coefficient (Wildman–Crippen LogP) is 3.28. The molecule has 0 fully saturated rings. The number of ether oxygens (including phenoxy) is 2. The molecule has 28 heavy (non-hydrogen) atoms. The lowest BCUT2D eigenvalue weighted by Gasteiger charge is -2.18. The van der Waals surface area contributed by atoms with Crippen molar-refractivity contribution < 1.29 is 23.5 Å². The largest absolute Gasteiger partial charge is 0.494 e. The predicted molar refractivity (Wildman–Crippen MR) is 105 cm³/mol. The molecule has 0 saturated heterocycles. The summed E-state index contributed by atoms with van der Waals surface area (Å²) < 4.78 is 24.0. The van der Waals surface area contributed by atoms with E-state index < -0.39 is 17.8 Å². The van der Waals surface area contributed by atoms with Gasteiger partial charge in [-0.1, -0.05) is 18.2 Å². The molecule has 0 saturated carbocycles. The average molecular weight is 388 g/mol. The fourth-order valence-corrected chi connectivity index (χ4v) is 2.68. The molecule has 2 aromatic carbocycles. The number of hydrogen-bond acceptors (Lipinski definition) is 5. The Morgan fingerprint density at radius 1 is 1.14 bits per heavy atom. The number of amides is 1. The summed E-state index contributed by atoms with van der Waals surface area (Å²) in [5, 5.41) is 5.66. The summed E-state index contributed by atoms with van der Waals surface area (Å²) in [6.45, 7) is 5.53. The summed E-state index contributed by atoms with van der Waals surface area (Å²) in [4.78, 5) is 24.6. The van der Waals surface area contributed by atoms with E-state index >= 15 is 0 Å². The second-order valence-electron chi connectivity index (χ2n) is 6.33. The van der Waals surface area contributed by atoms with Gasteiger partial charge in [-0.3, -0.25) is 10.1 Å². The van der Waals surface area contributed by atoms with Gasteiger partial charge in [0.2, 0.25) is 5.91 Å². The lowest BCUT2D eigenvalue weighted by molar-refractivity contribution is -0.145. The number of carbonyl (C=O) groups excluding carboxylic acids is 2. The standard InChI is InChI=1S/C21H25FN2O4/c1-5-28-21(26)20(15-8-9-18(27-4)16(22)11-15)23-12-19(25)24-17-10-13(2)6-7-14(17)3/h6-11,20,23H,5,12H2,1-4H3,(H,24,25)/t20-/m1/s1. The maximum absolute atomic E-state index is 14.0. The molecule has 7 heteroatoms. The van der Waals surface area contributed by atoms with Crippen LogP contribution in [0, 0.1) is 19.7 Å². The topological polar surface area (TPSA) is 76.7 Å². The number of carbonyl (C=O) groups is 2. The number of rotatable bonds is 8. The third-order valence-corrected chi connectivity index (χ3v) is 4.17. The smallest absolute Gasteiger partial charge is 0.327 e. The molecule has 0 aliphatic carbocycles. The molecule has 0 heterocycles. The van der Waals surface area contributed by atoms with E-state index in [1.807, 2.05) is 32.0 Å².